The van der Waals surface area contributed by atoms with Crippen LogP contribution in [-0.2, 0) is 10.0 Å². The van der Waals surface area contributed by atoms with E-state index in [0.29, 0.717) is 12.3 Å². The zero-order valence-corrected chi connectivity index (χ0v) is 14.5. The van der Waals surface area contributed by atoms with Gasteiger partial charge in [0.25, 0.3) is 5.69 Å². The maximum absolute atomic E-state index is 12.6. The summed E-state index contributed by atoms with van der Waals surface area (Å²) in [7, 11) is -4.02. The van der Waals surface area contributed by atoms with Gasteiger partial charge in [-0.3, -0.25) is 10.1 Å². The minimum Gasteiger partial charge on any atom is -0.486 e. The summed E-state index contributed by atoms with van der Waals surface area (Å²) in [6.07, 6.45) is 2.81. The molecule has 1 fully saturated rings. The maximum Gasteiger partial charge on any atom is 0.293 e. The van der Waals surface area contributed by atoms with Crippen molar-refractivity contribution in [3.63, 3.8) is 0 Å². The number of ether oxygens (including phenoxy) is 2. The SMILES string of the molecule is O=[N+]([O-])c1cc2c(cc1S(=O)(=O)NCCC1CCCNC1)OCCO2. The molecule has 1 atom stereocenters. The number of sulfonamides is 1. The molecule has 2 aliphatic rings. The Balaban J connectivity index is 1.77. The van der Waals surface area contributed by atoms with Gasteiger partial charge >= 0.3 is 0 Å². The normalized spacial score (nSPS) is 20.2. The Hall–Kier alpha value is -1.91. The third-order valence-corrected chi connectivity index (χ3v) is 5.84. The van der Waals surface area contributed by atoms with E-state index in [0.717, 1.165) is 38.1 Å². The predicted octanol–water partition coefficient (Wildman–Crippen LogP) is 1.03. The first-order valence-corrected chi connectivity index (χ1v) is 9.74. The number of benzene rings is 1. The van der Waals surface area contributed by atoms with Crippen LogP contribution in [-0.4, -0.2) is 46.2 Å². The van der Waals surface area contributed by atoms with E-state index in [1.54, 1.807) is 0 Å². The molecule has 0 radical (unpaired) electrons. The van der Waals surface area contributed by atoms with Gasteiger partial charge in [0.05, 0.1) is 11.0 Å². The average Bonchev–Trinajstić information content (AvgIpc) is 2.61. The second kappa shape index (κ2) is 7.54. The Labute approximate surface area is 145 Å². The average molecular weight is 371 g/mol. The van der Waals surface area contributed by atoms with Gasteiger partial charge in [-0.2, -0.15) is 0 Å². The molecule has 0 spiro atoms. The summed E-state index contributed by atoms with van der Waals surface area (Å²) in [5, 5.41) is 14.6. The van der Waals surface area contributed by atoms with Crippen LogP contribution in [0.25, 0.3) is 0 Å². The first kappa shape index (κ1) is 17.9. The number of hydrogen-bond donors (Lipinski definition) is 2. The van der Waals surface area contributed by atoms with E-state index in [4.69, 9.17) is 9.47 Å². The van der Waals surface area contributed by atoms with Crippen molar-refractivity contribution < 1.29 is 22.8 Å². The Kier molecular flexibility index (Phi) is 5.40. The molecule has 1 unspecified atom stereocenters. The Morgan fingerprint density at radius 3 is 2.64 bits per heavy atom. The van der Waals surface area contributed by atoms with Crippen LogP contribution in [0.4, 0.5) is 5.69 Å². The summed E-state index contributed by atoms with van der Waals surface area (Å²) in [4.78, 5) is 10.2. The zero-order valence-electron chi connectivity index (χ0n) is 13.7. The van der Waals surface area contributed by atoms with E-state index >= 15 is 0 Å². The molecule has 0 aliphatic carbocycles. The number of hydrogen-bond acceptors (Lipinski definition) is 7. The van der Waals surface area contributed by atoms with Crippen LogP contribution in [0, 0.1) is 16.0 Å². The lowest BCUT2D eigenvalue weighted by Crippen LogP contribution is -2.33. The van der Waals surface area contributed by atoms with Crippen LogP contribution < -0.4 is 19.5 Å². The topological polar surface area (TPSA) is 120 Å². The summed E-state index contributed by atoms with van der Waals surface area (Å²) in [6, 6.07) is 2.27. The highest BCUT2D eigenvalue weighted by Gasteiger charge is 2.30. The van der Waals surface area contributed by atoms with Crippen molar-refractivity contribution in [1.29, 1.82) is 0 Å². The Bertz CT molecular complexity index is 746. The van der Waals surface area contributed by atoms with E-state index in [2.05, 4.69) is 10.0 Å². The Morgan fingerprint density at radius 1 is 1.28 bits per heavy atom. The van der Waals surface area contributed by atoms with Gasteiger partial charge in [0, 0.05) is 12.6 Å². The van der Waals surface area contributed by atoms with Gasteiger partial charge in [-0.05, 0) is 38.3 Å². The lowest BCUT2D eigenvalue weighted by Gasteiger charge is -2.22. The molecule has 1 saturated heterocycles. The van der Waals surface area contributed by atoms with Crippen LogP contribution in [0.1, 0.15) is 19.3 Å². The Morgan fingerprint density at radius 2 is 2.00 bits per heavy atom. The highest BCUT2D eigenvalue weighted by molar-refractivity contribution is 7.89. The van der Waals surface area contributed by atoms with Gasteiger partial charge in [0.2, 0.25) is 10.0 Å². The minimum absolute atomic E-state index is 0.185. The lowest BCUT2D eigenvalue weighted by atomic mass is 9.96. The van der Waals surface area contributed by atoms with E-state index in [-0.39, 0.29) is 31.3 Å². The van der Waals surface area contributed by atoms with E-state index in [1.807, 2.05) is 0 Å². The quantitative estimate of drug-likeness (QED) is 0.566. The molecule has 25 heavy (non-hydrogen) atoms. The number of piperidine rings is 1. The molecule has 1 aromatic carbocycles. The molecule has 0 aromatic heterocycles. The predicted molar refractivity (Wildman–Crippen MR) is 89.5 cm³/mol. The molecule has 0 bridgehead atoms. The van der Waals surface area contributed by atoms with Crippen LogP contribution >= 0.6 is 0 Å². The molecule has 138 valence electrons. The number of nitrogens with one attached hydrogen (secondary N) is 2. The molecule has 9 nitrogen and oxygen atoms in total. The first-order chi connectivity index (χ1) is 12.0. The second-order valence-electron chi connectivity index (χ2n) is 6.12. The minimum atomic E-state index is -4.02. The molecule has 2 N–H and O–H groups in total. The molecule has 0 saturated carbocycles. The molecule has 10 heteroatoms. The van der Waals surface area contributed by atoms with Gasteiger partial charge in [0.1, 0.15) is 13.2 Å². The molecule has 3 rings (SSSR count). The fourth-order valence-corrected chi connectivity index (χ4v) is 4.28. The number of fused-ring (bicyclic) bond motifs is 1. The van der Waals surface area contributed by atoms with Crippen molar-refractivity contribution in [2.45, 2.75) is 24.2 Å². The van der Waals surface area contributed by atoms with E-state index in [9.17, 15) is 18.5 Å². The highest BCUT2D eigenvalue weighted by Crippen LogP contribution is 2.38. The van der Waals surface area contributed by atoms with Crippen LogP contribution in [0.5, 0.6) is 11.5 Å². The van der Waals surface area contributed by atoms with E-state index in [1.165, 1.54) is 0 Å². The molecular formula is C15H21N3O6S. The third kappa shape index (κ3) is 4.20. The summed E-state index contributed by atoms with van der Waals surface area (Å²) in [5.41, 5.74) is -0.518. The second-order valence-corrected chi connectivity index (χ2v) is 7.85. The van der Waals surface area contributed by atoms with Gasteiger partial charge in [-0.25, -0.2) is 13.1 Å². The van der Waals surface area contributed by atoms with Crippen LogP contribution in [0.3, 0.4) is 0 Å². The van der Waals surface area contributed by atoms with Crippen molar-refractivity contribution in [3.8, 4) is 11.5 Å². The number of rotatable bonds is 6. The monoisotopic (exact) mass is 371 g/mol. The summed E-state index contributed by atoms with van der Waals surface area (Å²) in [5.74, 6) is 0.797. The molecule has 2 heterocycles. The molecule has 0 amide bonds. The zero-order chi connectivity index (χ0) is 17.9. The number of nitrogens with zero attached hydrogens (tertiary/aromatic N) is 1. The van der Waals surface area contributed by atoms with Gasteiger partial charge in [-0.1, -0.05) is 0 Å². The first-order valence-electron chi connectivity index (χ1n) is 8.26. The van der Waals surface area contributed by atoms with Crippen LogP contribution in [0.15, 0.2) is 17.0 Å². The molecule has 2 aliphatic heterocycles. The van der Waals surface area contributed by atoms with Gasteiger partial charge in [-0.15, -0.1) is 0 Å². The fraction of sp³-hybridized carbons (Fsp3) is 0.600. The number of nitro groups is 1. The fourth-order valence-electron chi connectivity index (χ4n) is 3.06. The lowest BCUT2D eigenvalue weighted by molar-refractivity contribution is -0.388. The third-order valence-electron chi connectivity index (χ3n) is 4.35. The van der Waals surface area contributed by atoms with Crippen LogP contribution in [0.2, 0.25) is 0 Å². The van der Waals surface area contributed by atoms with Gasteiger partial charge in [0.15, 0.2) is 16.4 Å². The van der Waals surface area contributed by atoms with Gasteiger partial charge < -0.3 is 14.8 Å². The largest absolute Gasteiger partial charge is 0.486 e. The molecular weight excluding hydrogens is 350 g/mol. The maximum atomic E-state index is 12.6. The highest BCUT2D eigenvalue weighted by atomic mass is 32.2. The van der Waals surface area contributed by atoms with Crippen molar-refractivity contribution in [3.05, 3.63) is 22.2 Å². The van der Waals surface area contributed by atoms with E-state index < -0.39 is 25.5 Å². The van der Waals surface area contributed by atoms with Crippen molar-refractivity contribution in [2.24, 2.45) is 5.92 Å². The van der Waals surface area contributed by atoms with Crippen molar-refractivity contribution in [1.82, 2.24) is 10.0 Å². The smallest absolute Gasteiger partial charge is 0.293 e. The summed E-state index contributed by atoms with van der Waals surface area (Å²) in [6.45, 7) is 2.63. The van der Waals surface area contributed by atoms with Crippen molar-refractivity contribution >= 4 is 15.7 Å². The van der Waals surface area contributed by atoms with Crippen molar-refractivity contribution in [2.75, 3.05) is 32.8 Å². The summed E-state index contributed by atoms with van der Waals surface area (Å²) < 4.78 is 38.2. The standard InChI is InChI=1S/C15H21N3O6S/c19-18(20)12-8-13-14(24-7-6-23-13)9-15(12)25(21,22)17-5-3-11-2-1-4-16-10-11/h8-9,11,16-17H,1-7,10H2. The molecule has 1 aromatic rings. The summed E-state index contributed by atoms with van der Waals surface area (Å²) >= 11 is 0. The number of nitro benzene ring substituents is 1.